The van der Waals surface area contributed by atoms with Crippen LogP contribution in [0.3, 0.4) is 0 Å². The molecule has 2 aromatic carbocycles. The topological polar surface area (TPSA) is 92.0 Å². The van der Waals surface area contributed by atoms with E-state index in [9.17, 15) is 13.2 Å². The van der Waals surface area contributed by atoms with Crippen LogP contribution in [0.4, 0.5) is 5.69 Å². The summed E-state index contributed by atoms with van der Waals surface area (Å²) in [7, 11) is -3.40. The lowest BCUT2D eigenvalue weighted by molar-refractivity contribution is 0.0693. The van der Waals surface area contributed by atoms with Crippen molar-refractivity contribution in [1.82, 2.24) is 5.01 Å². The van der Waals surface area contributed by atoms with Crippen molar-refractivity contribution < 1.29 is 17.6 Å². The van der Waals surface area contributed by atoms with Crippen LogP contribution in [0.2, 0.25) is 0 Å². The third-order valence-corrected chi connectivity index (χ3v) is 5.39. The molecule has 0 saturated carbocycles. The molecule has 0 aliphatic carbocycles. The number of nitrogens with one attached hydrogen (secondary N) is 1. The van der Waals surface area contributed by atoms with Crippen LogP contribution in [0.5, 0.6) is 0 Å². The second kappa shape index (κ2) is 7.79. The largest absolute Gasteiger partial charge is 0.467 e. The molecule has 0 saturated heterocycles. The predicted octanol–water partition coefficient (Wildman–Crippen LogP) is 3.95. The highest BCUT2D eigenvalue weighted by Crippen LogP contribution is 2.34. The third-order valence-electron chi connectivity index (χ3n) is 4.79. The fraction of sp³-hybridized carbons (Fsp3) is 0.182. The van der Waals surface area contributed by atoms with E-state index in [-0.39, 0.29) is 11.9 Å². The summed E-state index contributed by atoms with van der Waals surface area (Å²) in [6, 6.07) is 17.5. The zero-order valence-electron chi connectivity index (χ0n) is 16.6. The molecule has 0 radical (unpaired) electrons. The number of rotatable bonds is 5. The Balaban J connectivity index is 1.69. The Hall–Kier alpha value is -3.39. The third kappa shape index (κ3) is 4.28. The van der Waals surface area contributed by atoms with Gasteiger partial charge in [-0.1, -0.05) is 29.8 Å². The quantitative estimate of drug-likeness (QED) is 0.673. The number of nitrogens with zero attached hydrogens (tertiary/aromatic N) is 2. The Kier molecular flexibility index (Phi) is 5.17. The van der Waals surface area contributed by atoms with Crippen molar-refractivity contribution in [2.75, 3.05) is 11.0 Å². The molecule has 1 atom stereocenters. The summed E-state index contributed by atoms with van der Waals surface area (Å²) in [5, 5.41) is 6.04. The summed E-state index contributed by atoms with van der Waals surface area (Å²) in [5.74, 6) is 0.413. The molecule has 3 aromatic rings. The van der Waals surface area contributed by atoms with Crippen LogP contribution in [0.25, 0.3) is 0 Å². The normalized spacial score (nSPS) is 16.4. The number of benzene rings is 2. The maximum Gasteiger partial charge on any atom is 0.274 e. The number of anilines is 1. The molecule has 0 spiro atoms. The van der Waals surface area contributed by atoms with E-state index >= 15 is 0 Å². The molecule has 1 aromatic heterocycles. The molecule has 1 aliphatic rings. The van der Waals surface area contributed by atoms with Gasteiger partial charge in [0.15, 0.2) is 0 Å². The van der Waals surface area contributed by atoms with Gasteiger partial charge in [-0.25, -0.2) is 13.4 Å². The molecule has 4 rings (SSSR count). The number of furan rings is 1. The highest BCUT2D eigenvalue weighted by Gasteiger charge is 2.35. The molecule has 1 N–H and O–H groups in total. The standard InChI is InChI=1S/C22H21N3O4S/c1-15-8-10-16(11-9-15)22(26)25-20(21-7-4-12-29-21)14-19(23-25)17-5-3-6-18(13-17)24-30(2,27)28/h3-13,20,24H,14H2,1-2H3. The minimum Gasteiger partial charge on any atom is -0.467 e. The number of hydrogen-bond donors (Lipinski definition) is 1. The maximum atomic E-state index is 13.2. The minimum atomic E-state index is -3.40. The van der Waals surface area contributed by atoms with Gasteiger partial charge in [-0.2, -0.15) is 5.10 Å². The highest BCUT2D eigenvalue weighted by molar-refractivity contribution is 7.92. The van der Waals surface area contributed by atoms with E-state index in [1.807, 2.05) is 31.2 Å². The lowest BCUT2D eigenvalue weighted by Gasteiger charge is -2.20. The van der Waals surface area contributed by atoms with Crippen LogP contribution in [-0.4, -0.2) is 31.3 Å². The average molecular weight is 423 g/mol. The van der Waals surface area contributed by atoms with E-state index in [1.165, 1.54) is 5.01 Å². The molecule has 2 heterocycles. The number of hydrazone groups is 1. The van der Waals surface area contributed by atoms with Crippen LogP contribution >= 0.6 is 0 Å². The number of carbonyl (C=O) groups is 1. The summed E-state index contributed by atoms with van der Waals surface area (Å²) in [5.41, 5.74) is 3.45. The summed E-state index contributed by atoms with van der Waals surface area (Å²) in [6.45, 7) is 1.96. The Morgan fingerprint density at radius 1 is 1.13 bits per heavy atom. The number of carbonyl (C=O) groups excluding carboxylic acids is 1. The van der Waals surface area contributed by atoms with Crippen molar-refractivity contribution in [3.8, 4) is 0 Å². The Bertz CT molecular complexity index is 1200. The van der Waals surface area contributed by atoms with Gasteiger partial charge in [0.1, 0.15) is 11.8 Å². The molecule has 1 aliphatic heterocycles. The van der Waals surface area contributed by atoms with E-state index in [0.29, 0.717) is 29.1 Å². The second-order valence-electron chi connectivity index (χ2n) is 7.25. The number of aryl methyl sites for hydroxylation is 1. The van der Waals surface area contributed by atoms with Crippen molar-refractivity contribution in [1.29, 1.82) is 0 Å². The van der Waals surface area contributed by atoms with Gasteiger partial charge in [-0.05, 0) is 48.9 Å². The molecule has 1 unspecified atom stereocenters. The molecule has 7 nitrogen and oxygen atoms in total. The van der Waals surface area contributed by atoms with Gasteiger partial charge in [0.25, 0.3) is 5.91 Å². The van der Waals surface area contributed by atoms with Gasteiger partial charge in [0, 0.05) is 17.7 Å². The van der Waals surface area contributed by atoms with Crippen molar-refractivity contribution >= 4 is 27.3 Å². The zero-order chi connectivity index (χ0) is 21.3. The molecule has 1 amide bonds. The van der Waals surface area contributed by atoms with Crippen LogP contribution < -0.4 is 4.72 Å². The molecule has 154 valence electrons. The number of amides is 1. The first-order valence-corrected chi connectivity index (χ1v) is 11.3. The summed E-state index contributed by atoms with van der Waals surface area (Å²) < 4.78 is 31.1. The fourth-order valence-electron chi connectivity index (χ4n) is 3.38. The molecule has 8 heteroatoms. The Morgan fingerprint density at radius 3 is 2.57 bits per heavy atom. The molecule has 30 heavy (non-hydrogen) atoms. The fourth-order valence-corrected chi connectivity index (χ4v) is 3.93. The van der Waals surface area contributed by atoms with Crippen molar-refractivity contribution in [2.45, 2.75) is 19.4 Å². The van der Waals surface area contributed by atoms with E-state index in [1.54, 1.807) is 42.7 Å². The summed E-state index contributed by atoms with van der Waals surface area (Å²) in [4.78, 5) is 13.2. The van der Waals surface area contributed by atoms with Gasteiger partial charge < -0.3 is 4.42 Å². The van der Waals surface area contributed by atoms with Gasteiger partial charge in [0.2, 0.25) is 10.0 Å². The van der Waals surface area contributed by atoms with Gasteiger partial charge in [-0.15, -0.1) is 0 Å². The average Bonchev–Trinajstić information content (AvgIpc) is 3.37. The SMILES string of the molecule is Cc1ccc(C(=O)N2N=C(c3cccc(NS(C)(=O)=O)c3)CC2c2ccco2)cc1. The minimum absolute atomic E-state index is 0.225. The van der Waals surface area contributed by atoms with Crippen molar-refractivity contribution in [3.05, 3.63) is 89.4 Å². The molecule has 0 fully saturated rings. The van der Waals surface area contributed by atoms with Crippen LogP contribution in [0, 0.1) is 6.92 Å². The van der Waals surface area contributed by atoms with Gasteiger partial charge >= 0.3 is 0 Å². The smallest absolute Gasteiger partial charge is 0.274 e. The summed E-state index contributed by atoms with van der Waals surface area (Å²) >= 11 is 0. The first-order valence-electron chi connectivity index (χ1n) is 9.39. The van der Waals surface area contributed by atoms with E-state index in [2.05, 4.69) is 9.82 Å². The van der Waals surface area contributed by atoms with E-state index in [4.69, 9.17) is 4.42 Å². The summed E-state index contributed by atoms with van der Waals surface area (Å²) in [6.07, 6.45) is 3.12. The lowest BCUT2D eigenvalue weighted by Crippen LogP contribution is -2.26. The number of hydrogen-bond acceptors (Lipinski definition) is 5. The molecule has 0 bridgehead atoms. The van der Waals surface area contributed by atoms with Crippen molar-refractivity contribution in [2.24, 2.45) is 5.10 Å². The monoisotopic (exact) mass is 423 g/mol. The van der Waals surface area contributed by atoms with Gasteiger partial charge in [0.05, 0.1) is 18.2 Å². The van der Waals surface area contributed by atoms with Crippen LogP contribution in [-0.2, 0) is 10.0 Å². The van der Waals surface area contributed by atoms with Crippen molar-refractivity contribution in [3.63, 3.8) is 0 Å². The predicted molar refractivity (Wildman–Crippen MR) is 115 cm³/mol. The Morgan fingerprint density at radius 2 is 1.90 bits per heavy atom. The lowest BCUT2D eigenvalue weighted by atomic mass is 10.0. The highest BCUT2D eigenvalue weighted by atomic mass is 32.2. The number of sulfonamides is 1. The second-order valence-corrected chi connectivity index (χ2v) is 9.00. The molecular formula is C22H21N3O4S. The van der Waals surface area contributed by atoms with E-state index in [0.717, 1.165) is 17.4 Å². The maximum absolute atomic E-state index is 13.2. The van der Waals surface area contributed by atoms with Crippen LogP contribution in [0.15, 0.2) is 76.4 Å². The van der Waals surface area contributed by atoms with Gasteiger partial charge in [-0.3, -0.25) is 9.52 Å². The first-order chi connectivity index (χ1) is 14.3. The zero-order valence-corrected chi connectivity index (χ0v) is 17.4. The van der Waals surface area contributed by atoms with E-state index < -0.39 is 10.0 Å². The first kappa shape index (κ1) is 19.9. The molecular weight excluding hydrogens is 402 g/mol. The Labute approximate surface area is 175 Å². The van der Waals surface area contributed by atoms with Crippen LogP contribution in [0.1, 0.15) is 39.7 Å².